The Hall–Kier alpha value is -1.91. The first kappa shape index (κ1) is 11.2. The van der Waals surface area contributed by atoms with Crippen molar-refractivity contribution in [2.24, 2.45) is 5.16 Å². The van der Waals surface area contributed by atoms with E-state index < -0.39 is 12.1 Å². The van der Waals surface area contributed by atoms with E-state index in [4.69, 9.17) is 9.94 Å². The van der Waals surface area contributed by atoms with Crippen LogP contribution in [-0.4, -0.2) is 17.4 Å². The van der Waals surface area contributed by atoms with E-state index in [0.29, 0.717) is 11.8 Å². The van der Waals surface area contributed by atoms with Crippen molar-refractivity contribution in [2.45, 2.75) is 13.0 Å². The van der Waals surface area contributed by atoms with Gasteiger partial charge in [0.1, 0.15) is 11.9 Å². The summed E-state index contributed by atoms with van der Waals surface area (Å²) in [5.74, 6) is -1.11. The molecule has 80 valence electrons. The maximum atomic E-state index is 12.6. The topological polar surface area (TPSA) is 58.9 Å². The minimum absolute atomic E-state index is 0.353. The first-order valence-electron chi connectivity index (χ1n) is 4.27. The lowest BCUT2D eigenvalue weighted by Gasteiger charge is -2.11. The molecule has 0 aromatic heterocycles. The number of ether oxygens (including phenoxy) is 1. The van der Waals surface area contributed by atoms with E-state index in [9.17, 15) is 9.18 Å². The summed E-state index contributed by atoms with van der Waals surface area (Å²) in [6.45, 7) is 1.64. The van der Waals surface area contributed by atoms with Gasteiger partial charge in [-0.3, -0.25) is 0 Å². The Morgan fingerprint density at radius 1 is 1.53 bits per heavy atom. The molecule has 0 aliphatic rings. The highest BCUT2D eigenvalue weighted by Gasteiger charge is 2.09. The minimum atomic E-state index is -0.755. The number of nitrogens with zero attached hydrogens (tertiary/aromatic N) is 1. The first-order valence-corrected chi connectivity index (χ1v) is 4.27. The zero-order valence-electron chi connectivity index (χ0n) is 8.05. The van der Waals surface area contributed by atoms with Crippen molar-refractivity contribution in [1.82, 2.24) is 0 Å². The standard InChI is InChI=1S/C10H10FNO3/c1-7(15-10(13)6-12-14)8-2-4-9(11)5-3-8/h2-7,14H,1H3/b12-6-. The normalized spacial score (nSPS) is 12.7. The summed E-state index contributed by atoms with van der Waals surface area (Å²) < 4.78 is 17.4. The van der Waals surface area contributed by atoms with E-state index in [1.165, 1.54) is 24.3 Å². The molecular weight excluding hydrogens is 201 g/mol. The summed E-state index contributed by atoms with van der Waals surface area (Å²) in [6.07, 6.45) is 0.135. The van der Waals surface area contributed by atoms with E-state index in [2.05, 4.69) is 5.16 Å². The summed E-state index contributed by atoms with van der Waals surface area (Å²) in [5.41, 5.74) is 0.663. The summed E-state index contributed by atoms with van der Waals surface area (Å²) in [7, 11) is 0. The zero-order chi connectivity index (χ0) is 11.3. The lowest BCUT2D eigenvalue weighted by molar-refractivity contribution is -0.139. The third kappa shape index (κ3) is 3.38. The van der Waals surface area contributed by atoms with Crippen LogP contribution in [0.2, 0.25) is 0 Å². The third-order valence-corrected chi connectivity index (χ3v) is 1.80. The molecule has 1 aromatic rings. The van der Waals surface area contributed by atoms with E-state index in [0.717, 1.165) is 0 Å². The van der Waals surface area contributed by atoms with Crippen molar-refractivity contribution in [2.75, 3.05) is 0 Å². The molecule has 1 N–H and O–H groups in total. The number of oxime groups is 1. The van der Waals surface area contributed by atoms with Crippen LogP contribution >= 0.6 is 0 Å². The summed E-state index contributed by atoms with van der Waals surface area (Å²) in [5, 5.41) is 10.6. The smallest absolute Gasteiger partial charge is 0.353 e. The van der Waals surface area contributed by atoms with Crippen LogP contribution in [0.1, 0.15) is 18.6 Å². The Bertz CT molecular complexity index is 361. The van der Waals surface area contributed by atoms with Crippen molar-refractivity contribution in [3.05, 3.63) is 35.6 Å². The Balaban J connectivity index is 2.64. The predicted molar refractivity (Wildman–Crippen MR) is 51.2 cm³/mol. The van der Waals surface area contributed by atoms with Crippen LogP contribution < -0.4 is 0 Å². The van der Waals surface area contributed by atoms with Crippen LogP contribution in [0.5, 0.6) is 0 Å². The van der Waals surface area contributed by atoms with Gasteiger partial charge >= 0.3 is 5.97 Å². The molecule has 1 rings (SSSR count). The fraction of sp³-hybridized carbons (Fsp3) is 0.200. The predicted octanol–water partition coefficient (Wildman–Crippen LogP) is 1.89. The fourth-order valence-corrected chi connectivity index (χ4v) is 1.05. The van der Waals surface area contributed by atoms with E-state index >= 15 is 0 Å². The highest BCUT2D eigenvalue weighted by Crippen LogP contribution is 2.16. The number of rotatable bonds is 3. The van der Waals surface area contributed by atoms with Gasteiger partial charge in [0.25, 0.3) is 0 Å². The molecule has 0 saturated heterocycles. The van der Waals surface area contributed by atoms with Crippen molar-refractivity contribution in [3.8, 4) is 0 Å². The quantitative estimate of drug-likeness (QED) is 0.359. The van der Waals surface area contributed by atoms with Gasteiger partial charge < -0.3 is 9.94 Å². The molecule has 0 aliphatic carbocycles. The molecule has 0 amide bonds. The van der Waals surface area contributed by atoms with Crippen molar-refractivity contribution in [1.29, 1.82) is 0 Å². The lowest BCUT2D eigenvalue weighted by Crippen LogP contribution is -2.09. The second-order valence-electron chi connectivity index (χ2n) is 2.88. The van der Waals surface area contributed by atoms with Crippen LogP contribution in [0.25, 0.3) is 0 Å². The van der Waals surface area contributed by atoms with Gasteiger partial charge in [-0.05, 0) is 24.6 Å². The maximum absolute atomic E-state index is 12.6. The number of benzene rings is 1. The minimum Gasteiger partial charge on any atom is -0.453 e. The lowest BCUT2D eigenvalue weighted by atomic mass is 10.1. The number of halogens is 1. The molecular formula is C10H10FNO3. The number of carbonyl (C=O) groups is 1. The molecule has 0 aliphatic heterocycles. The van der Waals surface area contributed by atoms with Crippen LogP contribution in [-0.2, 0) is 9.53 Å². The average molecular weight is 211 g/mol. The van der Waals surface area contributed by atoms with Crippen molar-refractivity contribution in [3.63, 3.8) is 0 Å². The average Bonchev–Trinajstić information content (AvgIpc) is 2.18. The molecule has 1 aromatic carbocycles. The van der Waals surface area contributed by atoms with Crippen LogP contribution in [0.3, 0.4) is 0 Å². The third-order valence-electron chi connectivity index (χ3n) is 1.80. The van der Waals surface area contributed by atoms with Crippen molar-refractivity contribution < 1.29 is 19.1 Å². The highest BCUT2D eigenvalue weighted by atomic mass is 19.1. The molecule has 5 heteroatoms. The fourth-order valence-electron chi connectivity index (χ4n) is 1.05. The molecule has 4 nitrogen and oxygen atoms in total. The summed E-state index contributed by atoms with van der Waals surface area (Å²) in [6, 6.07) is 5.59. The van der Waals surface area contributed by atoms with Gasteiger partial charge in [0.2, 0.25) is 0 Å². The number of hydrogen-bond acceptors (Lipinski definition) is 4. The van der Waals surface area contributed by atoms with Crippen LogP contribution in [0, 0.1) is 5.82 Å². The molecule has 15 heavy (non-hydrogen) atoms. The van der Waals surface area contributed by atoms with Gasteiger partial charge in [-0.2, -0.15) is 0 Å². The van der Waals surface area contributed by atoms with Crippen LogP contribution in [0.15, 0.2) is 29.4 Å². The number of carbonyl (C=O) groups excluding carboxylic acids is 1. The molecule has 1 unspecified atom stereocenters. The second-order valence-corrected chi connectivity index (χ2v) is 2.88. The van der Waals surface area contributed by atoms with Gasteiger partial charge in [0.05, 0.1) is 0 Å². The van der Waals surface area contributed by atoms with E-state index in [-0.39, 0.29) is 5.82 Å². The molecule has 0 spiro atoms. The largest absolute Gasteiger partial charge is 0.453 e. The molecule has 0 radical (unpaired) electrons. The van der Waals surface area contributed by atoms with E-state index in [1.807, 2.05) is 0 Å². The molecule has 1 atom stereocenters. The van der Waals surface area contributed by atoms with Gasteiger partial charge in [0, 0.05) is 0 Å². The molecule has 0 saturated carbocycles. The Kier molecular flexibility index (Phi) is 3.79. The summed E-state index contributed by atoms with van der Waals surface area (Å²) >= 11 is 0. The van der Waals surface area contributed by atoms with Crippen molar-refractivity contribution >= 4 is 12.2 Å². The van der Waals surface area contributed by atoms with Gasteiger partial charge in [-0.1, -0.05) is 17.3 Å². The van der Waals surface area contributed by atoms with Crippen LogP contribution in [0.4, 0.5) is 4.39 Å². The monoisotopic (exact) mass is 211 g/mol. The van der Waals surface area contributed by atoms with E-state index in [1.54, 1.807) is 6.92 Å². The van der Waals surface area contributed by atoms with Gasteiger partial charge in [-0.15, -0.1) is 0 Å². The number of hydrogen-bond donors (Lipinski definition) is 1. The highest BCUT2D eigenvalue weighted by molar-refractivity contribution is 6.22. The Morgan fingerprint density at radius 3 is 2.67 bits per heavy atom. The zero-order valence-corrected chi connectivity index (χ0v) is 8.05. The SMILES string of the molecule is CC(OC(=O)/C=N\O)c1ccc(F)cc1. The summed E-state index contributed by atoms with van der Waals surface area (Å²) in [4.78, 5) is 10.9. The Labute approximate surface area is 86.0 Å². The van der Waals surface area contributed by atoms with Gasteiger partial charge in [0.15, 0.2) is 6.21 Å². The molecule has 0 heterocycles. The molecule has 0 fully saturated rings. The number of esters is 1. The molecule has 0 bridgehead atoms. The maximum Gasteiger partial charge on any atom is 0.353 e. The second kappa shape index (κ2) is 5.09. The van der Waals surface area contributed by atoms with Gasteiger partial charge in [-0.25, -0.2) is 9.18 Å². The first-order chi connectivity index (χ1) is 7.13. The Morgan fingerprint density at radius 2 is 2.13 bits per heavy atom.